The third kappa shape index (κ3) is 4.18. The van der Waals surface area contributed by atoms with E-state index in [1.807, 2.05) is 30.3 Å². The number of nitrogens with one attached hydrogen (secondary N) is 1. The van der Waals surface area contributed by atoms with Gasteiger partial charge in [-0.25, -0.2) is 0 Å². The van der Waals surface area contributed by atoms with E-state index >= 15 is 0 Å². The van der Waals surface area contributed by atoms with E-state index in [2.05, 4.69) is 50.0 Å². The molecule has 0 fully saturated rings. The third-order valence-electron chi connectivity index (χ3n) is 4.06. The smallest absolute Gasteiger partial charge is 0.147 e. The Kier molecular flexibility index (Phi) is 4.63. The van der Waals surface area contributed by atoms with Crippen molar-refractivity contribution in [2.75, 3.05) is 0 Å². The molecule has 3 nitrogen and oxygen atoms in total. The quantitative estimate of drug-likeness (QED) is 0.640. The highest BCUT2D eigenvalue weighted by Crippen LogP contribution is 2.27. The van der Waals surface area contributed by atoms with E-state index in [4.69, 9.17) is 10.5 Å². The maximum Gasteiger partial charge on any atom is 0.147 e. The highest BCUT2D eigenvalue weighted by atomic mass is 16.5. The molecule has 3 aromatic rings. The highest BCUT2D eigenvalue weighted by Gasteiger charge is 2.14. The number of nitrogens with two attached hydrogens (primary N) is 1. The van der Waals surface area contributed by atoms with Crippen LogP contribution in [-0.4, -0.2) is 11.2 Å². The van der Waals surface area contributed by atoms with Crippen LogP contribution < -0.4 is 10.5 Å². The fourth-order valence-electron chi connectivity index (χ4n) is 2.71. The number of rotatable bonds is 5. The number of H-pyrrole nitrogens is 1. The van der Waals surface area contributed by atoms with Crippen LogP contribution in [0.4, 0.5) is 0 Å². The molecule has 3 rings (SSSR count). The van der Waals surface area contributed by atoms with Crippen LogP contribution in [0.15, 0.2) is 48.5 Å². The molecule has 2 aromatic carbocycles. The van der Waals surface area contributed by atoms with Gasteiger partial charge in [-0.05, 0) is 48.6 Å². The van der Waals surface area contributed by atoms with Crippen molar-refractivity contribution in [3.8, 4) is 17.0 Å². The first-order valence-electron chi connectivity index (χ1n) is 8.43. The van der Waals surface area contributed by atoms with E-state index in [0.29, 0.717) is 0 Å². The molecule has 125 valence electrons. The Morgan fingerprint density at radius 2 is 2.00 bits per heavy atom. The van der Waals surface area contributed by atoms with Crippen LogP contribution in [0.1, 0.15) is 33.6 Å². The summed E-state index contributed by atoms with van der Waals surface area (Å²) < 4.78 is 5.90. The Bertz CT molecular complexity index is 781. The molecule has 0 aliphatic heterocycles. The van der Waals surface area contributed by atoms with Crippen molar-refractivity contribution in [2.45, 2.75) is 39.8 Å². The summed E-state index contributed by atoms with van der Waals surface area (Å²) in [5.74, 6) is 0.802. The molecule has 24 heavy (non-hydrogen) atoms. The van der Waals surface area contributed by atoms with Crippen molar-refractivity contribution in [3.63, 3.8) is 0 Å². The Hall–Kier alpha value is -2.26. The first-order chi connectivity index (χ1) is 11.4. The standard InChI is InChI=1S/C21H25N2O/c1-21(2,3)12-11-20(22)24-17-9-6-8-15(13-17)19-14-16-7-4-5-10-18(16)23-19/h4-6,8-10,13-14,20,23H,11-12,22H2,1-3H3. The number of hydrogen-bond acceptors (Lipinski definition) is 2. The normalized spacial score (nSPS) is 13.2. The second kappa shape index (κ2) is 6.70. The lowest BCUT2D eigenvalue weighted by Crippen LogP contribution is -2.28. The first-order valence-corrected chi connectivity index (χ1v) is 8.43. The molecule has 1 radical (unpaired) electrons. The zero-order valence-corrected chi connectivity index (χ0v) is 14.6. The van der Waals surface area contributed by atoms with Gasteiger partial charge in [0.1, 0.15) is 12.0 Å². The Balaban J connectivity index is 1.74. The van der Waals surface area contributed by atoms with E-state index < -0.39 is 0 Å². The van der Waals surface area contributed by atoms with Gasteiger partial charge in [0.15, 0.2) is 0 Å². The Morgan fingerprint density at radius 1 is 1.17 bits per heavy atom. The van der Waals surface area contributed by atoms with Crippen molar-refractivity contribution in [2.24, 2.45) is 11.1 Å². The van der Waals surface area contributed by atoms with E-state index in [-0.39, 0.29) is 11.6 Å². The van der Waals surface area contributed by atoms with Gasteiger partial charge in [0.2, 0.25) is 0 Å². The monoisotopic (exact) mass is 321 g/mol. The van der Waals surface area contributed by atoms with Crippen LogP contribution in [-0.2, 0) is 0 Å². The Morgan fingerprint density at radius 3 is 2.75 bits per heavy atom. The third-order valence-corrected chi connectivity index (χ3v) is 4.06. The van der Waals surface area contributed by atoms with Crippen molar-refractivity contribution >= 4 is 10.9 Å². The maximum absolute atomic E-state index is 6.13. The van der Waals surface area contributed by atoms with Gasteiger partial charge >= 0.3 is 0 Å². The van der Waals surface area contributed by atoms with Gasteiger partial charge in [-0.2, -0.15) is 0 Å². The SMILES string of the molecule is CC(C)(C)CCC(N)Oc1cccc(-c2cc3[c]cccc3[nH]2)c1. The minimum absolute atomic E-state index is 0.268. The summed E-state index contributed by atoms with van der Waals surface area (Å²) in [6.45, 7) is 6.65. The number of benzene rings is 2. The molecule has 0 spiro atoms. The zero-order valence-electron chi connectivity index (χ0n) is 14.6. The lowest BCUT2D eigenvalue weighted by Gasteiger charge is -2.21. The number of hydrogen-bond donors (Lipinski definition) is 2. The van der Waals surface area contributed by atoms with Gasteiger partial charge in [0, 0.05) is 22.2 Å². The topological polar surface area (TPSA) is 51.0 Å². The van der Waals surface area contributed by atoms with Crippen LogP contribution in [0, 0.1) is 11.5 Å². The number of fused-ring (bicyclic) bond motifs is 1. The van der Waals surface area contributed by atoms with Crippen molar-refractivity contribution < 1.29 is 4.74 Å². The van der Waals surface area contributed by atoms with Gasteiger partial charge in [-0.1, -0.05) is 45.0 Å². The molecule has 1 aromatic heterocycles. The largest absolute Gasteiger partial charge is 0.476 e. The van der Waals surface area contributed by atoms with Gasteiger partial charge in [0.05, 0.1) is 0 Å². The summed E-state index contributed by atoms with van der Waals surface area (Å²) in [5.41, 5.74) is 9.62. The van der Waals surface area contributed by atoms with Crippen LogP contribution >= 0.6 is 0 Å². The molecule has 0 saturated carbocycles. The van der Waals surface area contributed by atoms with Crippen LogP contribution in [0.25, 0.3) is 22.2 Å². The summed E-state index contributed by atoms with van der Waals surface area (Å²) in [4.78, 5) is 3.42. The predicted octanol–water partition coefficient (Wildman–Crippen LogP) is 5.12. The molecular formula is C21H25N2O. The Labute approximate surface area is 143 Å². The minimum Gasteiger partial charge on any atom is -0.476 e. The van der Waals surface area contributed by atoms with Crippen LogP contribution in [0.3, 0.4) is 0 Å². The summed E-state index contributed by atoms with van der Waals surface area (Å²) >= 11 is 0. The minimum atomic E-state index is -0.282. The molecule has 1 atom stereocenters. The van der Waals surface area contributed by atoms with Gasteiger partial charge in [-0.3, -0.25) is 5.73 Å². The molecule has 0 aliphatic rings. The number of aromatic amines is 1. The van der Waals surface area contributed by atoms with Crippen molar-refractivity contribution in [1.82, 2.24) is 4.98 Å². The summed E-state index contributed by atoms with van der Waals surface area (Å²) in [6, 6.07) is 19.3. The molecule has 1 unspecified atom stereocenters. The molecule has 0 bridgehead atoms. The summed E-state index contributed by atoms with van der Waals surface area (Å²) in [5, 5.41) is 1.08. The second-order valence-corrected chi connectivity index (χ2v) is 7.46. The lowest BCUT2D eigenvalue weighted by atomic mass is 9.90. The van der Waals surface area contributed by atoms with Crippen molar-refractivity contribution in [3.05, 3.63) is 54.6 Å². The molecule has 0 saturated heterocycles. The van der Waals surface area contributed by atoms with Crippen LogP contribution in [0.5, 0.6) is 5.75 Å². The lowest BCUT2D eigenvalue weighted by molar-refractivity contribution is 0.176. The van der Waals surface area contributed by atoms with Gasteiger partial charge < -0.3 is 9.72 Å². The molecule has 3 heteroatoms. The van der Waals surface area contributed by atoms with Gasteiger partial charge in [0.25, 0.3) is 0 Å². The van der Waals surface area contributed by atoms with Crippen molar-refractivity contribution in [1.29, 1.82) is 0 Å². The van der Waals surface area contributed by atoms with E-state index in [0.717, 1.165) is 40.8 Å². The average Bonchev–Trinajstić information content (AvgIpc) is 2.97. The predicted molar refractivity (Wildman–Crippen MR) is 99.9 cm³/mol. The second-order valence-electron chi connectivity index (χ2n) is 7.46. The maximum atomic E-state index is 6.13. The number of aromatic nitrogens is 1. The number of ether oxygens (including phenoxy) is 1. The summed E-state index contributed by atoms with van der Waals surface area (Å²) in [6.07, 6.45) is 1.59. The molecule has 1 heterocycles. The van der Waals surface area contributed by atoms with E-state index in [9.17, 15) is 0 Å². The van der Waals surface area contributed by atoms with Gasteiger partial charge in [-0.15, -0.1) is 0 Å². The fourth-order valence-corrected chi connectivity index (χ4v) is 2.71. The fraction of sp³-hybridized carbons (Fsp3) is 0.333. The molecule has 3 N–H and O–H groups in total. The first kappa shape index (κ1) is 16.6. The van der Waals surface area contributed by atoms with E-state index in [1.54, 1.807) is 0 Å². The molecular weight excluding hydrogens is 296 g/mol. The molecule has 0 aliphatic carbocycles. The molecule has 0 amide bonds. The average molecular weight is 321 g/mol. The van der Waals surface area contributed by atoms with Crippen LogP contribution in [0.2, 0.25) is 0 Å². The zero-order chi connectivity index (χ0) is 17.2. The highest BCUT2D eigenvalue weighted by molar-refractivity contribution is 5.85. The summed E-state index contributed by atoms with van der Waals surface area (Å²) in [7, 11) is 0. The van der Waals surface area contributed by atoms with E-state index in [1.165, 1.54) is 0 Å².